The first-order valence-electron chi connectivity index (χ1n) is 7.37. The summed E-state index contributed by atoms with van der Waals surface area (Å²) in [6.07, 6.45) is 2.33. The molecule has 1 fully saturated rings. The molecule has 0 aliphatic heterocycles. The lowest BCUT2D eigenvalue weighted by Gasteiger charge is -2.29. The van der Waals surface area contributed by atoms with Gasteiger partial charge in [-0.2, -0.15) is 0 Å². The minimum atomic E-state index is 0.120. The van der Waals surface area contributed by atoms with Crippen LogP contribution in [-0.4, -0.2) is 7.11 Å². The van der Waals surface area contributed by atoms with Crippen molar-refractivity contribution in [3.05, 3.63) is 65.2 Å². The van der Waals surface area contributed by atoms with Crippen LogP contribution >= 0.6 is 0 Å². The van der Waals surface area contributed by atoms with E-state index in [2.05, 4.69) is 54.8 Å². The van der Waals surface area contributed by atoms with E-state index in [1.54, 1.807) is 7.11 Å². The van der Waals surface area contributed by atoms with Gasteiger partial charge in [-0.15, -0.1) is 0 Å². The molecule has 3 rings (SSSR count). The highest BCUT2D eigenvalue weighted by atomic mass is 16.5. The standard InChI is InChI=1S/C18H22N2O/c1-13-12-15(21-2)8-9-16(13)17(20-19)18(10-11-18)14-6-4-3-5-7-14/h3-9,12,17,20H,10-11,19H2,1-2H3. The molecule has 0 amide bonds. The molecule has 0 spiro atoms. The van der Waals surface area contributed by atoms with E-state index in [9.17, 15) is 0 Å². The van der Waals surface area contributed by atoms with E-state index in [4.69, 9.17) is 10.6 Å². The molecule has 2 aromatic carbocycles. The third kappa shape index (κ3) is 2.43. The number of hydrogen-bond donors (Lipinski definition) is 2. The van der Waals surface area contributed by atoms with Gasteiger partial charge < -0.3 is 4.74 Å². The van der Waals surface area contributed by atoms with E-state index >= 15 is 0 Å². The second-order valence-electron chi connectivity index (χ2n) is 5.84. The maximum atomic E-state index is 5.93. The van der Waals surface area contributed by atoms with E-state index < -0.39 is 0 Å². The Kier molecular flexibility index (Phi) is 3.70. The molecule has 0 bridgehead atoms. The maximum Gasteiger partial charge on any atom is 0.119 e. The summed E-state index contributed by atoms with van der Waals surface area (Å²) in [7, 11) is 1.69. The minimum Gasteiger partial charge on any atom is -0.497 e. The van der Waals surface area contributed by atoms with E-state index in [1.807, 2.05) is 6.07 Å². The molecule has 1 aliphatic rings. The molecule has 1 atom stereocenters. The van der Waals surface area contributed by atoms with Crippen molar-refractivity contribution < 1.29 is 4.74 Å². The normalized spacial score (nSPS) is 17.3. The van der Waals surface area contributed by atoms with Gasteiger partial charge in [0.15, 0.2) is 0 Å². The molecule has 21 heavy (non-hydrogen) atoms. The lowest BCUT2D eigenvalue weighted by molar-refractivity contribution is 0.411. The first-order chi connectivity index (χ1) is 10.2. The maximum absolute atomic E-state index is 5.93. The fourth-order valence-electron chi connectivity index (χ4n) is 3.29. The minimum absolute atomic E-state index is 0.120. The molecule has 0 heterocycles. The van der Waals surface area contributed by atoms with Gasteiger partial charge in [0.1, 0.15) is 5.75 Å². The van der Waals surface area contributed by atoms with Gasteiger partial charge in [0.25, 0.3) is 0 Å². The predicted octanol–water partition coefficient (Wildman–Crippen LogP) is 3.24. The molecular weight excluding hydrogens is 260 g/mol. The number of ether oxygens (including phenoxy) is 1. The Hall–Kier alpha value is -1.84. The van der Waals surface area contributed by atoms with Crippen molar-refractivity contribution in [1.29, 1.82) is 0 Å². The second kappa shape index (κ2) is 5.51. The first kappa shape index (κ1) is 14.1. The van der Waals surface area contributed by atoms with Gasteiger partial charge in [0.2, 0.25) is 0 Å². The molecule has 1 unspecified atom stereocenters. The van der Waals surface area contributed by atoms with Crippen molar-refractivity contribution in [2.24, 2.45) is 5.84 Å². The Balaban J connectivity index is 1.99. The summed E-state index contributed by atoms with van der Waals surface area (Å²) in [5.74, 6) is 6.81. The molecular formula is C18H22N2O. The molecule has 1 aliphatic carbocycles. The average molecular weight is 282 g/mol. The van der Waals surface area contributed by atoms with Crippen LogP contribution in [0.1, 0.15) is 35.6 Å². The first-order valence-corrected chi connectivity index (χ1v) is 7.37. The fourth-order valence-corrected chi connectivity index (χ4v) is 3.29. The van der Waals surface area contributed by atoms with Crippen LogP contribution in [0.25, 0.3) is 0 Å². The van der Waals surface area contributed by atoms with Gasteiger partial charge >= 0.3 is 0 Å². The molecule has 0 saturated heterocycles. The number of benzene rings is 2. The van der Waals surface area contributed by atoms with Crippen molar-refractivity contribution in [2.75, 3.05) is 7.11 Å². The number of hydrazine groups is 1. The Morgan fingerprint density at radius 2 is 1.86 bits per heavy atom. The topological polar surface area (TPSA) is 47.3 Å². The van der Waals surface area contributed by atoms with Crippen molar-refractivity contribution in [3.8, 4) is 5.75 Å². The summed E-state index contributed by atoms with van der Waals surface area (Å²) in [6.45, 7) is 2.11. The molecule has 3 heteroatoms. The summed E-state index contributed by atoms with van der Waals surface area (Å²) >= 11 is 0. The number of aryl methyl sites for hydroxylation is 1. The van der Waals surface area contributed by atoms with Crippen LogP contribution in [0.15, 0.2) is 48.5 Å². The highest BCUT2D eigenvalue weighted by Gasteiger charge is 2.51. The number of methoxy groups -OCH3 is 1. The van der Waals surface area contributed by atoms with E-state index in [0.29, 0.717) is 0 Å². The average Bonchev–Trinajstić information content (AvgIpc) is 3.32. The van der Waals surface area contributed by atoms with Crippen molar-refractivity contribution in [2.45, 2.75) is 31.2 Å². The number of nitrogens with one attached hydrogen (secondary N) is 1. The van der Waals surface area contributed by atoms with Gasteiger partial charge in [-0.1, -0.05) is 36.4 Å². The Morgan fingerprint density at radius 1 is 1.14 bits per heavy atom. The highest BCUT2D eigenvalue weighted by molar-refractivity contribution is 5.43. The summed E-state index contributed by atoms with van der Waals surface area (Å²) in [6, 6.07) is 17.0. The van der Waals surface area contributed by atoms with E-state index in [-0.39, 0.29) is 11.5 Å². The lowest BCUT2D eigenvalue weighted by Crippen LogP contribution is -2.37. The van der Waals surface area contributed by atoms with Crippen LogP contribution in [0.3, 0.4) is 0 Å². The summed E-state index contributed by atoms with van der Waals surface area (Å²) < 4.78 is 5.30. The summed E-state index contributed by atoms with van der Waals surface area (Å²) in [5.41, 5.74) is 7.00. The van der Waals surface area contributed by atoms with Gasteiger partial charge in [-0.25, -0.2) is 0 Å². The van der Waals surface area contributed by atoms with Gasteiger partial charge in [0, 0.05) is 5.41 Å². The van der Waals surface area contributed by atoms with Gasteiger partial charge in [0.05, 0.1) is 13.2 Å². The number of hydrogen-bond acceptors (Lipinski definition) is 3. The van der Waals surface area contributed by atoms with Gasteiger partial charge in [-0.05, 0) is 48.6 Å². The Bertz CT molecular complexity index is 620. The van der Waals surface area contributed by atoms with Crippen LogP contribution in [-0.2, 0) is 5.41 Å². The number of rotatable bonds is 5. The van der Waals surface area contributed by atoms with Crippen LogP contribution in [0.5, 0.6) is 5.75 Å². The highest BCUT2D eigenvalue weighted by Crippen LogP contribution is 2.56. The zero-order valence-corrected chi connectivity index (χ0v) is 12.6. The monoisotopic (exact) mass is 282 g/mol. The van der Waals surface area contributed by atoms with Crippen LogP contribution in [0.2, 0.25) is 0 Å². The Labute approximate surface area is 126 Å². The Morgan fingerprint density at radius 3 is 2.38 bits per heavy atom. The van der Waals surface area contributed by atoms with Gasteiger partial charge in [-0.3, -0.25) is 11.3 Å². The number of nitrogens with two attached hydrogens (primary N) is 1. The summed E-state index contributed by atoms with van der Waals surface area (Å²) in [5, 5.41) is 0. The third-order valence-corrected chi connectivity index (χ3v) is 4.64. The van der Waals surface area contributed by atoms with Crippen molar-refractivity contribution in [1.82, 2.24) is 5.43 Å². The molecule has 1 saturated carbocycles. The van der Waals surface area contributed by atoms with Crippen molar-refractivity contribution >= 4 is 0 Å². The molecule has 0 aromatic heterocycles. The second-order valence-corrected chi connectivity index (χ2v) is 5.84. The van der Waals surface area contributed by atoms with Crippen LogP contribution in [0, 0.1) is 6.92 Å². The largest absolute Gasteiger partial charge is 0.497 e. The SMILES string of the molecule is COc1ccc(C(NN)C2(c3ccccc3)CC2)c(C)c1. The quantitative estimate of drug-likeness (QED) is 0.654. The summed E-state index contributed by atoms with van der Waals surface area (Å²) in [4.78, 5) is 0. The zero-order chi connectivity index (χ0) is 14.9. The van der Waals surface area contributed by atoms with Crippen molar-refractivity contribution in [3.63, 3.8) is 0 Å². The van der Waals surface area contributed by atoms with E-state index in [0.717, 1.165) is 18.6 Å². The van der Waals surface area contributed by atoms with Crippen LogP contribution in [0.4, 0.5) is 0 Å². The fraction of sp³-hybridized carbons (Fsp3) is 0.333. The molecule has 3 N–H and O–H groups in total. The predicted molar refractivity (Wildman–Crippen MR) is 85.1 cm³/mol. The molecule has 3 nitrogen and oxygen atoms in total. The van der Waals surface area contributed by atoms with E-state index in [1.165, 1.54) is 16.7 Å². The molecule has 2 aromatic rings. The lowest BCUT2D eigenvalue weighted by atomic mass is 9.82. The smallest absolute Gasteiger partial charge is 0.119 e. The zero-order valence-electron chi connectivity index (χ0n) is 12.6. The third-order valence-electron chi connectivity index (χ3n) is 4.64. The molecule has 110 valence electrons. The molecule has 0 radical (unpaired) electrons. The van der Waals surface area contributed by atoms with Crippen LogP contribution < -0.4 is 16.0 Å².